The summed E-state index contributed by atoms with van der Waals surface area (Å²) in [6.45, 7) is 13.9. The van der Waals surface area contributed by atoms with Crippen molar-refractivity contribution in [3.63, 3.8) is 0 Å². The Hall–Kier alpha value is -0.573. The Bertz CT molecular complexity index is 363. The van der Waals surface area contributed by atoms with Gasteiger partial charge in [0.25, 0.3) is 0 Å². The molecular formula is C16H30O2Si. The average Bonchev–Trinajstić information content (AvgIpc) is 3.02. The molecule has 19 heavy (non-hydrogen) atoms. The number of carboxylic acids is 1. The molecule has 0 aromatic rings. The summed E-state index contributed by atoms with van der Waals surface area (Å²) < 4.78 is 0. The van der Waals surface area contributed by atoms with E-state index in [1.165, 1.54) is 18.4 Å². The minimum absolute atomic E-state index is 0.104. The first kappa shape index (κ1) is 16.5. The molecule has 0 heterocycles. The van der Waals surface area contributed by atoms with Gasteiger partial charge in [-0.3, -0.25) is 4.79 Å². The summed E-state index contributed by atoms with van der Waals surface area (Å²) in [5.41, 5.74) is 3.96. The summed E-state index contributed by atoms with van der Waals surface area (Å²) in [5, 5.41) is 9.47. The van der Waals surface area contributed by atoms with Crippen molar-refractivity contribution in [1.82, 2.24) is 0 Å². The molecule has 1 saturated carbocycles. The third kappa shape index (κ3) is 4.20. The summed E-state index contributed by atoms with van der Waals surface area (Å²) in [6, 6.07) is 0. The zero-order valence-corrected chi connectivity index (χ0v) is 14.4. The highest BCUT2D eigenvalue weighted by atomic mass is 28.3. The maximum absolute atomic E-state index is 11.1. The van der Waals surface area contributed by atoms with Crippen molar-refractivity contribution in [2.75, 3.05) is 0 Å². The van der Waals surface area contributed by atoms with Crippen molar-refractivity contribution in [2.24, 2.45) is 11.8 Å². The molecule has 3 heteroatoms. The van der Waals surface area contributed by atoms with Gasteiger partial charge in [0.15, 0.2) is 0 Å². The van der Waals surface area contributed by atoms with E-state index in [-0.39, 0.29) is 5.92 Å². The highest BCUT2D eigenvalue weighted by Gasteiger charge is 2.46. The number of allylic oxidation sites excluding steroid dienone is 1. The van der Waals surface area contributed by atoms with E-state index in [2.05, 4.69) is 46.5 Å². The number of carboxylic acid groups (broad SMARTS) is 1. The van der Waals surface area contributed by atoms with Crippen LogP contribution in [0.5, 0.6) is 0 Å². The van der Waals surface area contributed by atoms with Crippen LogP contribution >= 0.6 is 0 Å². The summed E-state index contributed by atoms with van der Waals surface area (Å²) in [4.78, 5) is 11.1. The molecule has 0 radical (unpaired) electrons. The quantitative estimate of drug-likeness (QED) is 0.706. The lowest BCUT2D eigenvalue weighted by Gasteiger charge is -2.35. The fraction of sp³-hybridized carbons (Fsp3) is 0.812. The zero-order chi connectivity index (χ0) is 14.8. The van der Waals surface area contributed by atoms with Crippen molar-refractivity contribution in [2.45, 2.75) is 71.5 Å². The fourth-order valence-electron chi connectivity index (χ4n) is 2.30. The molecule has 0 aromatic heterocycles. The van der Waals surface area contributed by atoms with Crippen LogP contribution in [0.25, 0.3) is 0 Å². The van der Waals surface area contributed by atoms with E-state index >= 15 is 0 Å². The van der Waals surface area contributed by atoms with Crippen LogP contribution in [0.1, 0.15) is 53.4 Å². The van der Waals surface area contributed by atoms with Gasteiger partial charge in [-0.25, -0.2) is 0 Å². The summed E-state index contributed by atoms with van der Waals surface area (Å²) in [7, 11) is -1.46. The number of hydrogen-bond donors (Lipinski definition) is 1. The normalized spacial score (nSPS) is 24.4. The molecule has 1 fully saturated rings. The molecule has 0 saturated heterocycles. The van der Waals surface area contributed by atoms with Crippen LogP contribution in [0.3, 0.4) is 0 Å². The van der Waals surface area contributed by atoms with Crippen LogP contribution in [0.2, 0.25) is 18.1 Å². The van der Waals surface area contributed by atoms with Crippen LogP contribution < -0.4 is 0 Å². The van der Waals surface area contributed by atoms with Gasteiger partial charge >= 0.3 is 5.97 Å². The second-order valence-corrected chi connectivity index (χ2v) is 12.8. The van der Waals surface area contributed by atoms with Crippen LogP contribution in [-0.2, 0) is 4.79 Å². The molecule has 0 spiro atoms. The van der Waals surface area contributed by atoms with Crippen LogP contribution in [0, 0.1) is 11.8 Å². The molecule has 1 rings (SSSR count). The Kier molecular flexibility index (Phi) is 5.05. The second-order valence-electron chi connectivity index (χ2n) is 7.58. The molecule has 1 aliphatic carbocycles. The highest BCUT2D eigenvalue weighted by Crippen LogP contribution is 2.48. The Morgan fingerprint density at radius 1 is 1.32 bits per heavy atom. The molecule has 0 bridgehead atoms. The van der Waals surface area contributed by atoms with E-state index in [4.69, 9.17) is 5.11 Å². The maximum atomic E-state index is 11.1. The minimum atomic E-state index is -1.46. The monoisotopic (exact) mass is 282 g/mol. The number of unbranched alkanes of at least 4 members (excludes halogenated alkanes) is 1. The number of rotatable bonds is 6. The van der Waals surface area contributed by atoms with Crippen molar-refractivity contribution < 1.29 is 9.90 Å². The van der Waals surface area contributed by atoms with Crippen LogP contribution in [-0.4, -0.2) is 19.1 Å². The molecule has 2 nitrogen and oxygen atoms in total. The minimum Gasteiger partial charge on any atom is -0.481 e. The van der Waals surface area contributed by atoms with E-state index in [0.29, 0.717) is 11.0 Å². The van der Waals surface area contributed by atoms with Crippen molar-refractivity contribution in [3.05, 3.63) is 11.3 Å². The summed E-state index contributed by atoms with van der Waals surface area (Å²) in [5.74, 6) is -0.381. The SMILES string of the molecule is CCCC/C(=C/[Si](C)(C)C(C)(C)C)[C@@H]1C[C@H]1C(=O)O. The standard InChI is InChI=1S/C16H30O2Si/c1-7-8-9-12(13-10-14(13)15(17)18)11-19(5,6)16(2,3)4/h11,13-14H,7-10H2,1-6H3,(H,17,18)/b12-11-/t13-,14+/m0/s1. The van der Waals surface area contributed by atoms with Crippen molar-refractivity contribution in [1.29, 1.82) is 0 Å². The van der Waals surface area contributed by atoms with Crippen LogP contribution in [0.15, 0.2) is 11.3 Å². The van der Waals surface area contributed by atoms with E-state index in [1.54, 1.807) is 0 Å². The third-order valence-corrected chi connectivity index (χ3v) is 9.84. The Balaban J connectivity index is 2.89. The first-order chi connectivity index (χ1) is 8.60. The van der Waals surface area contributed by atoms with Gasteiger partial charge in [-0.15, -0.1) is 0 Å². The molecule has 110 valence electrons. The van der Waals surface area contributed by atoms with Gasteiger partial charge in [0, 0.05) is 0 Å². The molecule has 2 atom stereocenters. The lowest BCUT2D eigenvalue weighted by atomic mass is 10.0. The number of hydrogen-bond acceptors (Lipinski definition) is 1. The van der Waals surface area contributed by atoms with Crippen molar-refractivity contribution in [3.8, 4) is 0 Å². The molecule has 0 aliphatic heterocycles. The average molecular weight is 282 g/mol. The largest absolute Gasteiger partial charge is 0.481 e. The molecule has 1 N–H and O–H groups in total. The van der Waals surface area contributed by atoms with E-state index < -0.39 is 14.0 Å². The van der Waals surface area contributed by atoms with Gasteiger partial charge in [-0.2, -0.15) is 0 Å². The van der Waals surface area contributed by atoms with E-state index in [9.17, 15) is 4.79 Å². The first-order valence-electron chi connectivity index (χ1n) is 7.54. The predicted octanol–water partition coefficient (Wildman–Crippen LogP) is 4.87. The van der Waals surface area contributed by atoms with Crippen molar-refractivity contribution >= 4 is 14.0 Å². The van der Waals surface area contributed by atoms with E-state index in [0.717, 1.165) is 12.8 Å². The number of aliphatic carboxylic acids is 1. The topological polar surface area (TPSA) is 37.3 Å². The second kappa shape index (κ2) is 5.82. The highest BCUT2D eigenvalue weighted by molar-refractivity contribution is 6.84. The Labute approximate surface area is 119 Å². The molecule has 0 amide bonds. The molecule has 0 aromatic carbocycles. The fourth-order valence-corrected chi connectivity index (χ4v) is 4.02. The van der Waals surface area contributed by atoms with Gasteiger partial charge in [0.1, 0.15) is 0 Å². The van der Waals surface area contributed by atoms with Gasteiger partial charge in [-0.1, -0.05) is 58.5 Å². The molecular weight excluding hydrogens is 252 g/mol. The smallest absolute Gasteiger partial charge is 0.307 e. The van der Waals surface area contributed by atoms with Gasteiger partial charge in [-0.05, 0) is 30.2 Å². The van der Waals surface area contributed by atoms with Gasteiger partial charge < -0.3 is 5.11 Å². The summed E-state index contributed by atoms with van der Waals surface area (Å²) in [6.07, 6.45) is 4.32. The van der Waals surface area contributed by atoms with Gasteiger partial charge in [0.05, 0.1) is 14.0 Å². The molecule has 0 unspecified atom stereocenters. The lowest BCUT2D eigenvalue weighted by Crippen LogP contribution is -2.35. The predicted molar refractivity (Wildman–Crippen MR) is 84.0 cm³/mol. The zero-order valence-electron chi connectivity index (χ0n) is 13.4. The van der Waals surface area contributed by atoms with E-state index in [1.807, 2.05) is 0 Å². The third-order valence-electron chi connectivity index (χ3n) is 4.88. The van der Waals surface area contributed by atoms with Gasteiger partial charge in [0.2, 0.25) is 0 Å². The maximum Gasteiger partial charge on any atom is 0.307 e. The lowest BCUT2D eigenvalue weighted by molar-refractivity contribution is -0.138. The number of carbonyl (C=O) groups is 1. The first-order valence-corrected chi connectivity index (χ1v) is 10.6. The molecule has 1 aliphatic rings. The summed E-state index contributed by atoms with van der Waals surface area (Å²) >= 11 is 0. The van der Waals surface area contributed by atoms with Crippen LogP contribution in [0.4, 0.5) is 0 Å². The Morgan fingerprint density at radius 2 is 1.89 bits per heavy atom. The Morgan fingerprint density at radius 3 is 2.26 bits per heavy atom.